The highest BCUT2D eigenvalue weighted by Gasteiger charge is 2.19. The van der Waals surface area contributed by atoms with E-state index in [0.29, 0.717) is 18.7 Å². The molecule has 0 N–H and O–H groups in total. The van der Waals surface area contributed by atoms with E-state index in [1.807, 2.05) is 51.0 Å². The fraction of sp³-hybridized carbons (Fsp3) is 0.368. The monoisotopic (exact) mass is 341 g/mol. The summed E-state index contributed by atoms with van der Waals surface area (Å²) in [6, 6.07) is 11.5. The van der Waals surface area contributed by atoms with Crippen LogP contribution in [0.25, 0.3) is 0 Å². The number of aryl methyl sites for hydroxylation is 2. The van der Waals surface area contributed by atoms with Crippen molar-refractivity contribution in [1.82, 2.24) is 9.80 Å². The van der Waals surface area contributed by atoms with Crippen LogP contribution in [0.15, 0.2) is 30.3 Å². The number of hydrogen-bond acceptors (Lipinski definition) is 4. The van der Waals surface area contributed by atoms with Gasteiger partial charge in [-0.05, 0) is 57.3 Å². The molecule has 0 spiro atoms. The Kier molecular flexibility index (Phi) is 6.13. The van der Waals surface area contributed by atoms with Crippen LogP contribution in [0.5, 0.6) is 0 Å². The van der Waals surface area contributed by atoms with Gasteiger partial charge in [0.05, 0.1) is 16.5 Å². The molecule has 0 atom stereocenters. The van der Waals surface area contributed by atoms with Crippen molar-refractivity contribution in [2.45, 2.75) is 20.4 Å². The van der Waals surface area contributed by atoms with E-state index < -0.39 is 0 Å². The smallest absolute Gasteiger partial charge is 0.264 e. The van der Waals surface area contributed by atoms with Crippen LogP contribution in [0.2, 0.25) is 0 Å². The molecule has 126 valence electrons. The Morgan fingerprint density at radius 2 is 1.83 bits per heavy atom. The van der Waals surface area contributed by atoms with Gasteiger partial charge in [-0.3, -0.25) is 4.79 Å². The van der Waals surface area contributed by atoms with Gasteiger partial charge in [-0.15, -0.1) is 11.3 Å². The minimum atomic E-state index is 0.0717. The summed E-state index contributed by atoms with van der Waals surface area (Å²) >= 11 is 1.55. The molecule has 0 aliphatic rings. The summed E-state index contributed by atoms with van der Waals surface area (Å²) in [6.07, 6.45) is 0. The number of benzene rings is 1. The lowest BCUT2D eigenvalue weighted by molar-refractivity contribution is 0.0737. The van der Waals surface area contributed by atoms with E-state index in [9.17, 15) is 4.79 Å². The largest absolute Gasteiger partial charge is 0.332 e. The third-order valence-corrected chi connectivity index (χ3v) is 5.08. The van der Waals surface area contributed by atoms with Crippen molar-refractivity contribution in [1.29, 1.82) is 5.26 Å². The Hall–Kier alpha value is -2.16. The number of rotatable bonds is 6. The summed E-state index contributed by atoms with van der Waals surface area (Å²) in [4.78, 5) is 18.8. The number of nitrogens with zero attached hydrogens (tertiary/aromatic N) is 3. The summed E-state index contributed by atoms with van der Waals surface area (Å²) in [6.45, 7) is 6.11. The van der Waals surface area contributed by atoms with Crippen molar-refractivity contribution in [2.24, 2.45) is 0 Å². The average Bonchev–Trinajstić information content (AvgIpc) is 2.90. The van der Waals surface area contributed by atoms with Gasteiger partial charge in [0.2, 0.25) is 0 Å². The highest BCUT2D eigenvalue weighted by atomic mass is 32.1. The van der Waals surface area contributed by atoms with Crippen LogP contribution in [0.1, 0.15) is 31.2 Å². The maximum Gasteiger partial charge on any atom is 0.264 e. The molecule has 1 amide bonds. The Morgan fingerprint density at radius 1 is 1.17 bits per heavy atom. The number of hydrogen-bond donors (Lipinski definition) is 0. The lowest BCUT2D eigenvalue weighted by Crippen LogP contribution is -2.35. The van der Waals surface area contributed by atoms with Crippen LogP contribution in [-0.2, 0) is 6.54 Å². The van der Waals surface area contributed by atoms with Crippen LogP contribution < -0.4 is 0 Å². The van der Waals surface area contributed by atoms with E-state index >= 15 is 0 Å². The number of amides is 1. The molecule has 0 unspecified atom stereocenters. The summed E-state index contributed by atoms with van der Waals surface area (Å²) in [5, 5.41) is 8.90. The van der Waals surface area contributed by atoms with Crippen molar-refractivity contribution in [3.05, 3.63) is 56.8 Å². The number of thiophene rings is 1. The van der Waals surface area contributed by atoms with E-state index in [1.54, 1.807) is 23.5 Å². The van der Waals surface area contributed by atoms with Gasteiger partial charge in [0.15, 0.2) is 0 Å². The average molecular weight is 341 g/mol. The summed E-state index contributed by atoms with van der Waals surface area (Å²) in [5.74, 6) is 0.0717. The molecular weight excluding hydrogens is 318 g/mol. The van der Waals surface area contributed by atoms with Crippen molar-refractivity contribution < 1.29 is 4.79 Å². The zero-order valence-corrected chi connectivity index (χ0v) is 15.5. The first-order valence-corrected chi connectivity index (χ1v) is 8.72. The van der Waals surface area contributed by atoms with E-state index in [0.717, 1.165) is 22.5 Å². The first kappa shape index (κ1) is 18.2. The predicted molar refractivity (Wildman–Crippen MR) is 98.2 cm³/mol. The standard InChI is InChI=1S/C19H23N3OS/c1-14-11-18(24-15(14)2)19(23)22(10-9-21(3)4)13-17-7-5-16(12-20)6-8-17/h5-8,11H,9-10,13H2,1-4H3. The highest BCUT2D eigenvalue weighted by molar-refractivity contribution is 7.14. The van der Waals surface area contributed by atoms with E-state index in [1.165, 1.54) is 4.88 Å². The molecule has 0 fully saturated rings. The van der Waals surface area contributed by atoms with E-state index in [4.69, 9.17) is 5.26 Å². The molecule has 2 aromatic rings. The predicted octanol–water partition coefficient (Wildman–Crippen LogP) is 3.44. The quantitative estimate of drug-likeness (QED) is 0.808. The molecule has 2 rings (SSSR count). The lowest BCUT2D eigenvalue weighted by Gasteiger charge is -2.24. The Balaban J connectivity index is 2.19. The fourth-order valence-corrected chi connectivity index (χ4v) is 3.31. The number of likely N-dealkylation sites (N-methyl/N-ethyl adjacent to an activating group) is 1. The van der Waals surface area contributed by atoms with Crippen molar-refractivity contribution in [3.63, 3.8) is 0 Å². The van der Waals surface area contributed by atoms with Gasteiger partial charge < -0.3 is 9.80 Å². The molecule has 4 nitrogen and oxygen atoms in total. The van der Waals surface area contributed by atoms with Gasteiger partial charge in [-0.1, -0.05) is 12.1 Å². The molecule has 5 heteroatoms. The topological polar surface area (TPSA) is 47.3 Å². The molecule has 0 aliphatic carbocycles. The van der Waals surface area contributed by atoms with Crippen LogP contribution in [-0.4, -0.2) is 42.9 Å². The SMILES string of the molecule is Cc1cc(C(=O)N(CCN(C)C)Cc2ccc(C#N)cc2)sc1C. The molecule has 0 bridgehead atoms. The molecule has 0 radical (unpaired) electrons. The molecule has 0 saturated heterocycles. The van der Waals surface area contributed by atoms with Crippen LogP contribution >= 0.6 is 11.3 Å². The molecule has 24 heavy (non-hydrogen) atoms. The molecule has 0 saturated carbocycles. The highest BCUT2D eigenvalue weighted by Crippen LogP contribution is 2.23. The maximum atomic E-state index is 12.9. The molecule has 1 aromatic carbocycles. The van der Waals surface area contributed by atoms with Crippen LogP contribution in [0.4, 0.5) is 0 Å². The molecule has 0 aliphatic heterocycles. The second kappa shape index (κ2) is 8.09. The molecule has 1 heterocycles. The van der Waals surface area contributed by atoms with Gasteiger partial charge in [0, 0.05) is 24.5 Å². The minimum absolute atomic E-state index is 0.0717. The summed E-state index contributed by atoms with van der Waals surface area (Å²) in [5.41, 5.74) is 2.83. The van der Waals surface area contributed by atoms with Crippen molar-refractivity contribution in [2.75, 3.05) is 27.2 Å². The molecular formula is C19H23N3OS. The second-order valence-electron chi connectivity index (χ2n) is 6.19. The Bertz CT molecular complexity index is 721. The Morgan fingerprint density at radius 3 is 2.33 bits per heavy atom. The third kappa shape index (κ3) is 4.67. The van der Waals surface area contributed by atoms with Gasteiger partial charge in [-0.2, -0.15) is 5.26 Å². The van der Waals surface area contributed by atoms with Gasteiger partial charge in [0.25, 0.3) is 5.91 Å². The number of carbonyl (C=O) groups is 1. The maximum absolute atomic E-state index is 12.9. The van der Waals surface area contributed by atoms with E-state index in [2.05, 4.69) is 11.0 Å². The van der Waals surface area contributed by atoms with E-state index in [-0.39, 0.29) is 5.91 Å². The number of carbonyl (C=O) groups excluding carboxylic acids is 1. The second-order valence-corrected chi connectivity index (χ2v) is 7.44. The zero-order chi connectivity index (χ0) is 17.7. The first-order chi connectivity index (χ1) is 11.4. The lowest BCUT2D eigenvalue weighted by atomic mass is 10.1. The first-order valence-electron chi connectivity index (χ1n) is 7.90. The minimum Gasteiger partial charge on any atom is -0.332 e. The van der Waals surface area contributed by atoms with Gasteiger partial charge in [-0.25, -0.2) is 0 Å². The zero-order valence-electron chi connectivity index (χ0n) is 14.7. The van der Waals surface area contributed by atoms with Crippen molar-refractivity contribution in [3.8, 4) is 6.07 Å². The summed E-state index contributed by atoms with van der Waals surface area (Å²) < 4.78 is 0. The third-order valence-electron chi connectivity index (χ3n) is 3.94. The van der Waals surface area contributed by atoms with Crippen LogP contribution in [0, 0.1) is 25.2 Å². The van der Waals surface area contributed by atoms with Gasteiger partial charge in [0.1, 0.15) is 0 Å². The normalized spacial score (nSPS) is 10.7. The summed E-state index contributed by atoms with van der Waals surface area (Å²) in [7, 11) is 4.01. The van der Waals surface area contributed by atoms with Crippen LogP contribution in [0.3, 0.4) is 0 Å². The number of nitriles is 1. The fourth-order valence-electron chi connectivity index (χ4n) is 2.31. The Labute approximate surface area is 147 Å². The van der Waals surface area contributed by atoms with Gasteiger partial charge >= 0.3 is 0 Å². The molecule has 1 aromatic heterocycles. The van der Waals surface area contributed by atoms with Crippen molar-refractivity contribution >= 4 is 17.2 Å².